The number of amides is 1. The summed E-state index contributed by atoms with van der Waals surface area (Å²) in [5.74, 6) is 0.312. The quantitative estimate of drug-likeness (QED) is 0.358. The maximum atomic E-state index is 12.0. The fourth-order valence-corrected chi connectivity index (χ4v) is 2.80. The molecule has 1 aliphatic rings. The molecule has 1 aliphatic heterocycles. The van der Waals surface area contributed by atoms with Crippen molar-refractivity contribution in [1.82, 2.24) is 5.32 Å². The van der Waals surface area contributed by atoms with Gasteiger partial charge in [0.15, 0.2) is 5.17 Å². The van der Waals surface area contributed by atoms with E-state index in [4.69, 9.17) is 4.74 Å². The molecule has 0 saturated carbocycles. The highest BCUT2D eigenvalue weighted by atomic mass is 79.9. The number of hydrogen-bond acceptors (Lipinski definition) is 6. The van der Waals surface area contributed by atoms with Crippen LogP contribution in [-0.4, -0.2) is 29.0 Å². The topological polar surface area (TPSA) is 80.1 Å². The Morgan fingerprint density at radius 2 is 1.88 bits per heavy atom. The van der Waals surface area contributed by atoms with Crippen LogP contribution < -0.4 is 10.1 Å². The number of carbonyl (C=O) groups is 2. The van der Waals surface area contributed by atoms with Crippen LogP contribution in [0.15, 0.2) is 63.2 Å². The lowest BCUT2D eigenvalue weighted by Crippen LogP contribution is -2.19. The summed E-state index contributed by atoms with van der Waals surface area (Å²) in [6.45, 7) is 0. The first kappa shape index (κ1) is 17.4. The molecule has 25 heavy (non-hydrogen) atoms. The molecule has 3 rings (SSSR count). The van der Waals surface area contributed by atoms with Crippen molar-refractivity contribution in [2.24, 2.45) is 10.2 Å². The molecule has 0 aromatic heterocycles. The number of nitrogens with zero attached hydrogens (tertiary/aromatic N) is 2. The normalized spacial score (nSPS) is 15.6. The van der Waals surface area contributed by atoms with Crippen molar-refractivity contribution in [3.05, 3.63) is 64.1 Å². The van der Waals surface area contributed by atoms with Gasteiger partial charge in [-0.1, -0.05) is 27.7 Å². The van der Waals surface area contributed by atoms with Gasteiger partial charge in [0.2, 0.25) is 5.91 Å². The molecule has 2 aromatic carbocycles. The maximum Gasteiger partial charge on any atom is 0.343 e. The largest absolute Gasteiger partial charge is 0.423 e. The van der Waals surface area contributed by atoms with Gasteiger partial charge in [-0.05, 0) is 54.1 Å². The molecule has 1 N–H and O–H groups in total. The summed E-state index contributed by atoms with van der Waals surface area (Å²) < 4.78 is 6.21. The molecular formula is C17H12BrN3O3S. The fourth-order valence-electron chi connectivity index (χ4n) is 1.90. The number of carbonyl (C=O) groups excluding carboxylic acids is 2. The molecule has 1 saturated heterocycles. The van der Waals surface area contributed by atoms with Gasteiger partial charge in [0.05, 0.1) is 17.5 Å². The Morgan fingerprint density at radius 3 is 2.52 bits per heavy atom. The third kappa shape index (κ3) is 5.01. The molecule has 6 nitrogen and oxygen atoms in total. The number of thioether (sulfide) groups is 1. The van der Waals surface area contributed by atoms with Crippen LogP contribution in [0.25, 0.3) is 0 Å². The average Bonchev–Trinajstić information content (AvgIpc) is 3.02. The van der Waals surface area contributed by atoms with E-state index in [1.807, 2.05) is 0 Å². The molecule has 0 spiro atoms. The van der Waals surface area contributed by atoms with E-state index in [9.17, 15) is 9.59 Å². The summed E-state index contributed by atoms with van der Waals surface area (Å²) in [6.07, 6.45) is 1.55. The molecule has 126 valence electrons. The molecule has 0 bridgehead atoms. The van der Waals surface area contributed by atoms with Gasteiger partial charge < -0.3 is 10.1 Å². The fraction of sp³-hybridized carbons (Fsp3) is 0.0588. The second-order valence-corrected chi connectivity index (χ2v) is 6.83. The number of rotatable bonds is 4. The van der Waals surface area contributed by atoms with Crippen molar-refractivity contribution >= 4 is 51.0 Å². The predicted molar refractivity (Wildman–Crippen MR) is 101 cm³/mol. The van der Waals surface area contributed by atoms with Crippen LogP contribution in [0, 0.1) is 0 Å². The smallest absolute Gasteiger partial charge is 0.343 e. The lowest BCUT2D eigenvalue weighted by atomic mass is 10.2. The summed E-state index contributed by atoms with van der Waals surface area (Å²) >= 11 is 4.63. The summed E-state index contributed by atoms with van der Waals surface area (Å²) in [5, 5.41) is 10.9. The summed E-state index contributed by atoms with van der Waals surface area (Å²) in [4.78, 5) is 23.1. The zero-order valence-electron chi connectivity index (χ0n) is 12.8. The number of amidine groups is 1. The van der Waals surface area contributed by atoms with Crippen molar-refractivity contribution in [3.8, 4) is 5.75 Å². The Balaban J connectivity index is 1.59. The number of hydrogen-bond donors (Lipinski definition) is 1. The summed E-state index contributed by atoms with van der Waals surface area (Å²) in [5.41, 5.74) is 1.27. The maximum absolute atomic E-state index is 12.0. The van der Waals surface area contributed by atoms with Gasteiger partial charge >= 0.3 is 5.97 Å². The Morgan fingerprint density at radius 1 is 1.16 bits per heavy atom. The van der Waals surface area contributed by atoms with Crippen LogP contribution in [0.5, 0.6) is 5.75 Å². The highest BCUT2D eigenvalue weighted by molar-refractivity contribution is 9.10. The SMILES string of the molecule is O=C1CS/C(=N\N=C\c2ccc(OC(=O)c3ccc(Br)cc3)cc2)N1. The number of esters is 1. The lowest BCUT2D eigenvalue weighted by molar-refractivity contribution is -0.116. The molecule has 1 amide bonds. The molecule has 0 aliphatic carbocycles. The van der Waals surface area contributed by atoms with E-state index in [0.29, 0.717) is 22.2 Å². The van der Waals surface area contributed by atoms with Crippen LogP contribution in [0.4, 0.5) is 0 Å². The van der Waals surface area contributed by atoms with E-state index < -0.39 is 5.97 Å². The van der Waals surface area contributed by atoms with Crippen LogP contribution >= 0.6 is 27.7 Å². The molecule has 1 fully saturated rings. The van der Waals surface area contributed by atoms with Gasteiger partial charge in [0, 0.05) is 4.47 Å². The minimum Gasteiger partial charge on any atom is -0.423 e. The number of halogens is 1. The Kier molecular flexibility index (Phi) is 5.62. The average molecular weight is 418 g/mol. The summed E-state index contributed by atoms with van der Waals surface area (Å²) in [7, 11) is 0. The van der Waals surface area contributed by atoms with Crippen LogP contribution in [0.3, 0.4) is 0 Å². The molecule has 0 unspecified atom stereocenters. The second-order valence-electron chi connectivity index (χ2n) is 4.95. The molecule has 2 aromatic rings. The van der Waals surface area contributed by atoms with Crippen LogP contribution in [0.2, 0.25) is 0 Å². The molecule has 0 atom stereocenters. The van der Waals surface area contributed by atoms with Crippen molar-refractivity contribution in [3.63, 3.8) is 0 Å². The van der Waals surface area contributed by atoms with E-state index in [2.05, 4.69) is 31.4 Å². The van der Waals surface area contributed by atoms with Gasteiger partial charge in [-0.3, -0.25) is 4.79 Å². The van der Waals surface area contributed by atoms with E-state index in [1.165, 1.54) is 11.8 Å². The minimum absolute atomic E-state index is 0.0732. The van der Waals surface area contributed by atoms with Crippen molar-refractivity contribution in [2.75, 3.05) is 5.75 Å². The van der Waals surface area contributed by atoms with Gasteiger partial charge in [-0.25, -0.2) is 4.79 Å². The first-order valence-corrected chi connectivity index (χ1v) is 8.99. The molecule has 1 heterocycles. The monoisotopic (exact) mass is 417 g/mol. The van der Waals surface area contributed by atoms with E-state index in [-0.39, 0.29) is 5.91 Å². The van der Waals surface area contributed by atoms with Crippen molar-refractivity contribution in [1.29, 1.82) is 0 Å². The Labute approximate surface area is 156 Å². The highest BCUT2D eigenvalue weighted by Crippen LogP contribution is 2.16. The van der Waals surface area contributed by atoms with E-state index in [1.54, 1.807) is 54.7 Å². The predicted octanol–water partition coefficient (Wildman–Crippen LogP) is 3.22. The number of ether oxygens (including phenoxy) is 1. The Hall–Kier alpha value is -2.45. The standard InChI is InChI=1S/C17H12BrN3O3S/c18-13-5-3-12(4-6-13)16(23)24-14-7-1-11(2-8-14)9-19-21-17-20-15(22)10-25-17/h1-9H,10H2,(H,20,21,22)/b19-9+. The zero-order valence-corrected chi connectivity index (χ0v) is 15.2. The third-order valence-electron chi connectivity index (χ3n) is 3.11. The number of nitrogens with one attached hydrogen (secondary N) is 1. The molecule has 0 radical (unpaired) electrons. The second kappa shape index (κ2) is 8.09. The van der Waals surface area contributed by atoms with E-state index >= 15 is 0 Å². The minimum atomic E-state index is -0.422. The summed E-state index contributed by atoms with van der Waals surface area (Å²) in [6, 6.07) is 13.8. The number of benzene rings is 2. The van der Waals surface area contributed by atoms with E-state index in [0.717, 1.165) is 10.0 Å². The lowest BCUT2D eigenvalue weighted by Gasteiger charge is -2.04. The van der Waals surface area contributed by atoms with Crippen LogP contribution in [0.1, 0.15) is 15.9 Å². The molecular weight excluding hydrogens is 406 g/mol. The highest BCUT2D eigenvalue weighted by Gasteiger charge is 2.15. The Bertz CT molecular complexity index is 848. The van der Waals surface area contributed by atoms with Gasteiger partial charge in [0.25, 0.3) is 0 Å². The van der Waals surface area contributed by atoms with Gasteiger partial charge in [0.1, 0.15) is 5.75 Å². The van der Waals surface area contributed by atoms with Crippen LogP contribution in [-0.2, 0) is 4.79 Å². The molecule has 8 heteroatoms. The zero-order chi connectivity index (χ0) is 17.6. The van der Waals surface area contributed by atoms with Gasteiger partial charge in [-0.2, -0.15) is 5.10 Å². The van der Waals surface area contributed by atoms with Crippen molar-refractivity contribution in [2.45, 2.75) is 0 Å². The first-order valence-electron chi connectivity index (χ1n) is 7.22. The third-order valence-corrected chi connectivity index (χ3v) is 4.50. The van der Waals surface area contributed by atoms with Gasteiger partial charge in [-0.15, -0.1) is 5.10 Å². The first-order chi connectivity index (χ1) is 12.1. The van der Waals surface area contributed by atoms with Crippen molar-refractivity contribution < 1.29 is 14.3 Å².